The highest BCUT2D eigenvalue weighted by atomic mass is 32.2. The van der Waals surface area contributed by atoms with Crippen LogP contribution in [0.15, 0.2) is 54.6 Å². The average molecular weight is 360 g/mol. The second kappa shape index (κ2) is 9.04. The molecule has 3 nitrogen and oxygen atoms in total. The van der Waals surface area contributed by atoms with Gasteiger partial charge in [-0.1, -0.05) is 30.3 Å². The quantitative estimate of drug-likeness (QED) is 0.745. The minimum absolute atomic E-state index is 0.0204. The van der Waals surface area contributed by atoms with E-state index in [0.717, 1.165) is 17.7 Å². The first-order valence-electron chi connectivity index (χ1n) is 8.12. The summed E-state index contributed by atoms with van der Waals surface area (Å²) in [5, 5.41) is 2.94. The molecule has 24 heavy (non-hydrogen) atoms. The van der Waals surface area contributed by atoms with Crippen molar-refractivity contribution in [3.63, 3.8) is 0 Å². The predicted molar refractivity (Wildman–Crippen MR) is 103 cm³/mol. The molecule has 2 aromatic rings. The lowest BCUT2D eigenvalue weighted by atomic mass is 10.1. The zero-order valence-electron chi connectivity index (χ0n) is 13.4. The number of hydrogen-bond donors (Lipinski definition) is 1. The lowest BCUT2D eigenvalue weighted by Gasteiger charge is -2.10. The molecule has 0 bridgehead atoms. The van der Waals surface area contributed by atoms with Crippen LogP contribution in [0.2, 0.25) is 0 Å². The Morgan fingerprint density at radius 1 is 1.04 bits per heavy atom. The molecule has 1 aliphatic rings. The number of rotatable bonds is 7. The lowest BCUT2D eigenvalue weighted by Crippen LogP contribution is -2.25. The molecule has 1 N–H and O–H groups in total. The summed E-state index contributed by atoms with van der Waals surface area (Å²) in [6, 6.07) is 17.7. The molecular weight excluding hydrogens is 338 g/mol. The summed E-state index contributed by atoms with van der Waals surface area (Å²) >= 11 is 3.95. The molecule has 0 atom stereocenters. The molecule has 3 rings (SSSR count). The van der Waals surface area contributed by atoms with Crippen LogP contribution in [0.1, 0.15) is 26.9 Å². The fraction of sp³-hybridized carbons (Fsp3) is 0.316. The Balaban J connectivity index is 1.38. The van der Waals surface area contributed by atoms with Crippen LogP contribution in [0.3, 0.4) is 0 Å². The van der Waals surface area contributed by atoms with E-state index in [9.17, 15) is 4.79 Å². The molecule has 1 aliphatic heterocycles. The molecule has 0 unspecified atom stereocenters. The summed E-state index contributed by atoms with van der Waals surface area (Å²) in [4.78, 5) is 12.1. The first kappa shape index (κ1) is 17.2. The molecule has 1 saturated heterocycles. The van der Waals surface area contributed by atoms with E-state index in [-0.39, 0.29) is 5.91 Å². The summed E-state index contributed by atoms with van der Waals surface area (Å²) in [5.74, 6) is 3.26. The SMILES string of the molecule is O=C(NCCCOc1ccccc1)c1ccc(C2SCCS2)cc1. The van der Waals surface area contributed by atoms with Gasteiger partial charge in [0.25, 0.3) is 5.91 Å². The molecule has 126 valence electrons. The number of nitrogens with one attached hydrogen (secondary N) is 1. The Labute approximate surface area is 151 Å². The summed E-state index contributed by atoms with van der Waals surface area (Å²) in [7, 11) is 0. The second-order valence-electron chi connectivity index (χ2n) is 5.47. The van der Waals surface area contributed by atoms with Crippen molar-refractivity contribution in [2.45, 2.75) is 11.0 Å². The second-order valence-corrected chi connectivity index (χ2v) is 8.19. The fourth-order valence-corrected chi connectivity index (χ4v) is 5.28. The largest absolute Gasteiger partial charge is 0.494 e. The van der Waals surface area contributed by atoms with E-state index in [1.165, 1.54) is 17.1 Å². The van der Waals surface area contributed by atoms with Gasteiger partial charge in [-0.2, -0.15) is 0 Å². The van der Waals surface area contributed by atoms with Gasteiger partial charge < -0.3 is 10.1 Å². The summed E-state index contributed by atoms with van der Waals surface area (Å²) in [6.45, 7) is 1.21. The Morgan fingerprint density at radius 2 is 1.75 bits per heavy atom. The smallest absolute Gasteiger partial charge is 0.251 e. The van der Waals surface area contributed by atoms with Crippen LogP contribution in [-0.2, 0) is 0 Å². The Bertz CT molecular complexity index is 640. The van der Waals surface area contributed by atoms with E-state index in [2.05, 4.69) is 17.4 Å². The van der Waals surface area contributed by atoms with Crippen molar-refractivity contribution < 1.29 is 9.53 Å². The third-order valence-electron chi connectivity index (χ3n) is 3.69. The molecule has 2 aromatic carbocycles. The average Bonchev–Trinajstić information content (AvgIpc) is 3.17. The van der Waals surface area contributed by atoms with E-state index in [4.69, 9.17) is 4.74 Å². The Morgan fingerprint density at radius 3 is 2.46 bits per heavy atom. The van der Waals surface area contributed by atoms with E-state index in [1.807, 2.05) is 66.0 Å². The summed E-state index contributed by atoms with van der Waals surface area (Å²) in [5.41, 5.74) is 2.02. The van der Waals surface area contributed by atoms with Crippen LogP contribution in [0.5, 0.6) is 5.75 Å². The van der Waals surface area contributed by atoms with Gasteiger partial charge in [-0.15, -0.1) is 23.5 Å². The van der Waals surface area contributed by atoms with Crippen LogP contribution in [0, 0.1) is 0 Å². The number of thioether (sulfide) groups is 2. The maximum absolute atomic E-state index is 12.1. The van der Waals surface area contributed by atoms with Crippen LogP contribution in [-0.4, -0.2) is 30.6 Å². The zero-order chi connectivity index (χ0) is 16.6. The van der Waals surface area contributed by atoms with Gasteiger partial charge >= 0.3 is 0 Å². The summed E-state index contributed by atoms with van der Waals surface area (Å²) < 4.78 is 6.14. The maximum atomic E-state index is 12.1. The zero-order valence-corrected chi connectivity index (χ0v) is 15.1. The lowest BCUT2D eigenvalue weighted by molar-refractivity contribution is 0.0951. The molecular formula is C19H21NO2S2. The van der Waals surface area contributed by atoms with Gasteiger partial charge in [-0.05, 0) is 36.2 Å². The number of carbonyl (C=O) groups excluding carboxylic acids is 1. The number of carbonyl (C=O) groups is 1. The first-order valence-corrected chi connectivity index (χ1v) is 10.2. The number of hydrogen-bond acceptors (Lipinski definition) is 4. The van der Waals surface area contributed by atoms with Crippen LogP contribution in [0.4, 0.5) is 0 Å². The van der Waals surface area contributed by atoms with Gasteiger partial charge in [-0.25, -0.2) is 0 Å². The third kappa shape index (κ3) is 4.95. The molecule has 1 heterocycles. The minimum atomic E-state index is -0.0204. The van der Waals surface area contributed by atoms with E-state index in [0.29, 0.717) is 17.7 Å². The fourth-order valence-electron chi connectivity index (χ4n) is 2.43. The van der Waals surface area contributed by atoms with Gasteiger partial charge in [0.1, 0.15) is 5.75 Å². The monoisotopic (exact) mass is 359 g/mol. The molecule has 5 heteroatoms. The van der Waals surface area contributed by atoms with E-state index in [1.54, 1.807) is 0 Å². The van der Waals surface area contributed by atoms with Crippen molar-refractivity contribution in [2.75, 3.05) is 24.7 Å². The van der Waals surface area contributed by atoms with Crippen LogP contribution >= 0.6 is 23.5 Å². The maximum Gasteiger partial charge on any atom is 0.251 e. The molecule has 0 aromatic heterocycles. The molecule has 0 spiro atoms. The standard InChI is InChI=1S/C19H21NO2S2/c21-18(20-11-4-12-22-17-5-2-1-3-6-17)15-7-9-16(10-8-15)19-23-13-14-24-19/h1-3,5-10,19H,4,11-14H2,(H,20,21). The molecule has 0 radical (unpaired) electrons. The highest BCUT2D eigenvalue weighted by Crippen LogP contribution is 2.45. The van der Waals surface area contributed by atoms with Crippen molar-refractivity contribution in [3.05, 3.63) is 65.7 Å². The van der Waals surface area contributed by atoms with Crippen molar-refractivity contribution in [1.82, 2.24) is 5.32 Å². The van der Waals surface area contributed by atoms with Crippen molar-refractivity contribution in [2.24, 2.45) is 0 Å². The number of para-hydroxylation sites is 1. The van der Waals surface area contributed by atoms with E-state index >= 15 is 0 Å². The third-order valence-corrected chi connectivity index (χ3v) is 6.79. The number of benzene rings is 2. The van der Waals surface area contributed by atoms with Gasteiger partial charge in [0.05, 0.1) is 11.2 Å². The molecule has 1 amide bonds. The molecule has 1 fully saturated rings. The van der Waals surface area contributed by atoms with Gasteiger partial charge in [0.2, 0.25) is 0 Å². The van der Waals surface area contributed by atoms with Crippen molar-refractivity contribution in [3.8, 4) is 5.75 Å². The normalized spacial score (nSPS) is 14.5. The van der Waals surface area contributed by atoms with E-state index < -0.39 is 0 Å². The Kier molecular flexibility index (Phi) is 6.49. The van der Waals surface area contributed by atoms with Crippen molar-refractivity contribution in [1.29, 1.82) is 0 Å². The number of amides is 1. The summed E-state index contributed by atoms with van der Waals surface area (Å²) in [6.07, 6.45) is 0.786. The van der Waals surface area contributed by atoms with Gasteiger partial charge in [-0.3, -0.25) is 4.79 Å². The van der Waals surface area contributed by atoms with Crippen LogP contribution < -0.4 is 10.1 Å². The van der Waals surface area contributed by atoms with Crippen LogP contribution in [0.25, 0.3) is 0 Å². The van der Waals surface area contributed by atoms with Gasteiger partial charge in [0, 0.05) is 23.6 Å². The highest BCUT2D eigenvalue weighted by Gasteiger charge is 2.18. The number of ether oxygens (including phenoxy) is 1. The minimum Gasteiger partial charge on any atom is -0.494 e. The molecule has 0 aliphatic carbocycles. The highest BCUT2D eigenvalue weighted by molar-refractivity contribution is 8.19. The molecule has 0 saturated carbocycles. The van der Waals surface area contributed by atoms with Crippen molar-refractivity contribution >= 4 is 29.4 Å². The first-order chi connectivity index (χ1) is 11.8. The topological polar surface area (TPSA) is 38.3 Å². The predicted octanol–water partition coefficient (Wildman–Crippen LogP) is 4.36. The van der Waals surface area contributed by atoms with Gasteiger partial charge in [0.15, 0.2) is 0 Å². The Hall–Kier alpha value is -1.59.